The molecule has 5 aliphatic rings. The van der Waals surface area contributed by atoms with Gasteiger partial charge in [0.25, 0.3) is 11.1 Å². The number of imidazole rings is 2. The molecular weight excluding hydrogens is 2040 g/mol. The van der Waals surface area contributed by atoms with E-state index in [4.69, 9.17) is 63.2 Å². The van der Waals surface area contributed by atoms with Crippen LogP contribution in [0.3, 0.4) is 0 Å². The van der Waals surface area contributed by atoms with E-state index in [1.807, 2.05) is 0 Å². The van der Waals surface area contributed by atoms with E-state index < -0.39 is 23.8 Å². The van der Waals surface area contributed by atoms with Gasteiger partial charge in [0.2, 0.25) is 0 Å². The monoisotopic (exact) mass is 2260 g/mol. The molecule has 0 N–H and O–H groups in total. The van der Waals surface area contributed by atoms with Gasteiger partial charge < -0.3 is 109 Å². The second kappa shape index (κ2) is 118. The zero-order chi connectivity index (χ0) is 89.4. The zero-order valence-electron chi connectivity index (χ0n) is 84.8. The van der Waals surface area contributed by atoms with E-state index in [1.54, 1.807) is 33.0 Å². The van der Waals surface area contributed by atoms with Crippen LogP contribution in [0.25, 0.3) is 21.6 Å². The molecule has 5 aliphatic carbocycles. The summed E-state index contributed by atoms with van der Waals surface area (Å²) in [6.07, 6.45) is 38.4. The maximum atomic E-state index is 7.44. The Morgan fingerprint density at radius 3 is 0.627 bits per heavy atom. The van der Waals surface area contributed by atoms with Gasteiger partial charge in [-0.25, -0.2) is 66.4 Å². The summed E-state index contributed by atoms with van der Waals surface area (Å²) in [4.78, 5) is 9.95. The number of aryl methyl sites for hydroxylation is 2. The van der Waals surface area contributed by atoms with Crippen LogP contribution >= 0.6 is 23.8 Å². The van der Waals surface area contributed by atoms with Crippen molar-refractivity contribution in [1.82, 2.24) is 19.1 Å². The number of benzene rings is 1. The Bertz CT molecular complexity index is 2650. The minimum atomic E-state index is -0.770. The molecule has 3 aromatic rings. The molecule has 0 unspecified atom stereocenters. The molecular formula is C104H207N14P3Ru5+8. The maximum absolute atomic E-state index is 7.44. The SMILES string of the molecule is C.C.C.C.C.C1CCCC1.C1CCCC1.C1CCCC1.C1CCCC1.CC(C)(C)[PH+](c1ccccc1)C(C)(C)C.CC(C)[PH+](c1nc(C(C)(C)C)cn1C)C(C)C.CC1C(C)C(C)C(C)C1C.CC=[N-].CC=[N-].CC=[N-].CC=[N-].Cn1cc(C(C)(C)C)nc1[PH+](C(C)(C)C)C(C)(C)C.[CH2-]C#N.[CH2-]C#N.[CH2-]C#N.[CH2-]C#N.[CH2-]C#N.[CH2-]C#N.[CH3-].[CH3-].[CH3-].[CH3-].[CH3-].[Ru+3].[Ru+3].[Ru+4].[Ru+5].[Ru+5]. The molecule has 2 heterocycles. The summed E-state index contributed by atoms with van der Waals surface area (Å²) >= 11 is 0. The number of rotatable bonds is 5. The molecule has 5 fully saturated rings. The zero-order valence-corrected chi connectivity index (χ0v) is 96.5. The number of nitrogens with zero attached hydrogens (tertiary/aromatic N) is 14. The quantitative estimate of drug-likeness (QED) is 0.102. The Morgan fingerprint density at radius 1 is 0.357 bits per heavy atom. The van der Waals surface area contributed by atoms with Crippen molar-refractivity contribution >= 4 is 65.1 Å². The van der Waals surface area contributed by atoms with Crippen molar-refractivity contribution in [2.24, 2.45) is 43.7 Å². The first-order valence-corrected chi connectivity index (χ1v) is 45.4. The predicted molar refractivity (Wildman–Crippen MR) is 573 cm³/mol. The Labute approximate surface area is 863 Å². The van der Waals surface area contributed by atoms with Crippen molar-refractivity contribution in [3.8, 4) is 36.4 Å². The average molecular weight is 2250 g/mol. The van der Waals surface area contributed by atoms with Gasteiger partial charge in [-0.05, 0) is 153 Å². The van der Waals surface area contributed by atoms with Gasteiger partial charge in [-0.3, -0.25) is 0 Å². The summed E-state index contributed by atoms with van der Waals surface area (Å²) in [6, 6.07) is 20.0. The van der Waals surface area contributed by atoms with Gasteiger partial charge in [-0.1, -0.05) is 288 Å². The van der Waals surface area contributed by atoms with E-state index in [9.17, 15) is 0 Å². The first-order chi connectivity index (χ1) is 51.3. The average Bonchev–Trinajstić information content (AvgIpc) is 1.40. The second-order valence-corrected chi connectivity index (χ2v) is 47.0. The minimum Gasteiger partial charge on any atom is -0.814 e. The van der Waals surface area contributed by atoms with E-state index in [2.05, 4.69) is 294 Å². The van der Waals surface area contributed by atoms with Crippen molar-refractivity contribution < 1.29 is 97.4 Å². The van der Waals surface area contributed by atoms with Crippen LogP contribution in [0.5, 0.6) is 0 Å². The molecule has 22 heteroatoms. The van der Waals surface area contributed by atoms with Crippen molar-refractivity contribution in [3.05, 3.63) is 154 Å². The molecule has 0 amide bonds. The van der Waals surface area contributed by atoms with E-state index in [0.29, 0.717) is 20.6 Å². The molecule has 8 rings (SSSR count). The Morgan fingerprint density at radius 2 is 0.500 bits per heavy atom. The number of aromatic nitrogens is 4. The first-order valence-electron chi connectivity index (χ1n) is 40.7. The van der Waals surface area contributed by atoms with Crippen molar-refractivity contribution in [3.63, 3.8) is 0 Å². The van der Waals surface area contributed by atoms with Crippen LogP contribution in [0.2, 0.25) is 0 Å². The van der Waals surface area contributed by atoms with Crippen LogP contribution in [0.4, 0.5) is 0 Å². The first kappa shape index (κ1) is 191. The fourth-order valence-electron chi connectivity index (χ4n) is 13.7. The summed E-state index contributed by atoms with van der Waals surface area (Å²) in [5, 5.41) is 76.0. The largest absolute Gasteiger partial charge is 5.00 e. The van der Waals surface area contributed by atoms with Crippen LogP contribution in [-0.4, -0.2) is 75.9 Å². The van der Waals surface area contributed by atoms with Gasteiger partial charge in [0, 0.05) is 45.2 Å². The molecule has 740 valence electrons. The molecule has 0 saturated heterocycles. The molecule has 0 spiro atoms. The third-order valence-corrected chi connectivity index (χ3v) is 29.5. The summed E-state index contributed by atoms with van der Waals surface area (Å²) in [6.45, 7) is 86.1. The number of nitriles is 6. The van der Waals surface area contributed by atoms with Crippen LogP contribution in [0.15, 0.2) is 42.7 Å². The van der Waals surface area contributed by atoms with Crippen molar-refractivity contribution in [1.29, 1.82) is 31.6 Å². The van der Waals surface area contributed by atoms with Crippen molar-refractivity contribution in [2.75, 3.05) is 0 Å². The molecule has 126 heavy (non-hydrogen) atoms. The number of hydrogen-bond acceptors (Lipinski definition) is 8. The van der Waals surface area contributed by atoms with Gasteiger partial charge in [-0.2, -0.15) is 0 Å². The Hall–Kier alpha value is -3.11. The van der Waals surface area contributed by atoms with Crippen LogP contribution in [0.1, 0.15) is 392 Å². The topological polar surface area (TPSA) is 268 Å². The molecule has 0 atom stereocenters. The van der Waals surface area contributed by atoms with Crippen LogP contribution in [0, 0.1) is 176 Å². The van der Waals surface area contributed by atoms with Crippen LogP contribution in [-0.2, 0) is 122 Å². The van der Waals surface area contributed by atoms with E-state index in [-0.39, 0.29) is 182 Å². The van der Waals surface area contributed by atoms with Gasteiger partial charge in [0.05, 0.1) is 64.5 Å². The second-order valence-electron chi connectivity index (χ2n) is 34.9. The summed E-state index contributed by atoms with van der Waals surface area (Å²) in [7, 11) is 2.40. The molecule has 0 aliphatic heterocycles. The summed E-state index contributed by atoms with van der Waals surface area (Å²) in [5.74, 6) is 4.68. The summed E-state index contributed by atoms with van der Waals surface area (Å²) in [5.41, 5.74) is 6.82. The number of hydrogen-bond donors (Lipinski definition) is 0. The maximum Gasteiger partial charge on any atom is 5.00 e. The summed E-state index contributed by atoms with van der Waals surface area (Å²) < 4.78 is 4.53. The molecule has 1 aromatic carbocycles. The van der Waals surface area contributed by atoms with Crippen molar-refractivity contribution in [2.45, 2.75) is 423 Å². The molecule has 2 aromatic heterocycles. The van der Waals surface area contributed by atoms with E-state index in [1.165, 1.54) is 187 Å². The smallest absolute Gasteiger partial charge is 0.814 e. The van der Waals surface area contributed by atoms with Crippen LogP contribution < -0.4 is 16.4 Å². The van der Waals surface area contributed by atoms with E-state index in [0.717, 1.165) is 65.8 Å². The molecule has 14 nitrogen and oxygen atoms in total. The van der Waals surface area contributed by atoms with E-state index >= 15 is 0 Å². The normalized spacial score (nSPS) is 14.5. The third kappa shape index (κ3) is 111. The molecule has 0 bridgehead atoms. The standard InChI is InChI=1S/C16H31N2P.C14H27N2P.C14H23P.C10H20.4C5H10.4C2H4N.6C2H2N.5CH4.5CH3.5Ru/c1-14(2,3)12-11-18(10)13(17-12)19(15(4,5)6)16(7,8)9;1-10(2)17(11(3)4)13-15-12(9-16(13)8)14(5,6)7;1-13(2,3)15(14(4,5)6)12-10-8-7-9-11-12;1-6-7(2)9(4)10(5)8(6)3;4*1-2-4-5-3-1;10*1-2-3;;;;;;;;;;;;;;;/h11H,1-10H3;9-11H,1-8H3;7-11H,1-6H3;6-10H,1-5H3;4*1-5H2;4*2H,1H3;6*1H2;5*1H4;5*1H3;;;;;/q;;;;;;;;10*-1;;;;;;5*-1;2*+3;+4;2*+5/p+3. The Balaban J connectivity index is -0.0000000388. The Kier molecular flexibility index (Phi) is 178. The fourth-order valence-corrected chi connectivity index (χ4v) is 25.5. The van der Waals surface area contributed by atoms with Gasteiger partial charge >= 0.3 is 97.4 Å². The minimum absolute atomic E-state index is 0. The van der Waals surface area contributed by atoms with Gasteiger partial charge in [0.15, 0.2) is 0 Å². The predicted octanol–water partition coefficient (Wildman–Crippen LogP) is 32.7. The third-order valence-electron chi connectivity index (χ3n) is 18.2. The van der Waals surface area contributed by atoms with Gasteiger partial charge in [0.1, 0.15) is 0 Å². The van der Waals surface area contributed by atoms with Gasteiger partial charge in [-0.15, -0.1) is 36.4 Å². The molecule has 5 saturated carbocycles. The molecule has 4 radical (unpaired) electrons. The fraction of sp³-hybridized carbons (Fsp3) is 0.683.